The van der Waals surface area contributed by atoms with Gasteiger partial charge in [0.25, 0.3) is 0 Å². The van der Waals surface area contributed by atoms with Crippen LogP contribution >= 0.6 is 0 Å². The molecule has 0 saturated heterocycles. The Kier molecular flexibility index (Phi) is 5.96. The molecule has 0 aliphatic rings. The van der Waals surface area contributed by atoms with Gasteiger partial charge in [0.05, 0.1) is 0 Å². The molecule has 0 aromatic carbocycles. The summed E-state index contributed by atoms with van der Waals surface area (Å²) in [6.45, 7) is 6.49. The lowest BCUT2D eigenvalue weighted by molar-refractivity contribution is -0.141. The van der Waals surface area contributed by atoms with Crippen LogP contribution in [0.1, 0.15) is 32.2 Å². The van der Waals surface area contributed by atoms with Crippen LogP contribution in [-0.4, -0.2) is 36.4 Å². The number of pyridine rings is 1. The number of nitrogens with zero attached hydrogens (tertiary/aromatic N) is 7. The lowest BCUT2D eigenvalue weighted by Gasteiger charge is -2.19. The third-order valence-corrected chi connectivity index (χ3v) is 3.69. The molecule has 0 aliphatic carbocycles. The number of hydrogen-bond acceptors (Lipinski definition) is 9. The van der Waals surface area contributed by atoms with E-state index in [9.17, 15) is 13.2 Å². The van der Waals surface area contributed by atoms with Gasteiger partial charge >= 0.3 is 6.18 Å². The lowest BCUT2D eigenvalue weighted by atomic mass is 9.97. The Balaban J connectivity index is 2.02. The molecule has 9 nitrogen and oxygen atoms in total. The number of halogens is 3. The van der Waals surface area contributed by atoms with E-state index in [1.807, 2.05) is 26.8 Å². The number of aromatic nitrogens is 6. The van der Waals surface area contributed by atoms with Gasteiger partial charge in [-0.05, 0) is 23.6 Å². The molecule has 12 heteroatoms. The van der Waals surface area contributed by atoms with Gasteiger partial charge in [-0.3, -0.25) is 0 Å². The number of alkyl halides is 3. The molecule has 0 spiro atoms. The Hall–Kier alpha value is -3.88. The van der Waals surface area contributed by atoms with E-state index in [2.05, 4.69) is 40.5 Å². The van der Waals surface area contributed by atoms with E-state index < -0.39 is 11.9 Å². The van der Waals surface area contributed by atoms with Gasteiger partial charge in [-0.2, -0.15) is 33.4 Å². The van der Waals surface area contributed by atoms with Crippen molar-refractivity contribution in [3.05, 3.63) is 42.0 Å². The average Bonchev–Trinajstić information content (AvgIpc) is 2.71. The van der Waals surface area contributed by atoms with Crippen molar-refractivity contribution in [2.24, 2.45) is 5.41 Å². The van der Waals surface area contributed by atoms with Crippen LogP contribution in [0.2, 0.25) is 0 Å². The summed E-state index contributed by atoms with van der Waals surface area (Å²) in [4.78, 5) is 23.9. The highest BCUT2D eigenvalue weighted by Gasteiger charge is 2.33. The summed E-state index contributed by atoms with van der Waals surface area (Å²) in [6.07, 6.45) is -2.21. The van der Waals surface area contributed by atoms with Crippen molar-refractivity contribution in [2.45, 2.75) is 26.9 Å². The quantitative estimate of drug-likeness (QED) is 0.622. The zero-order chi connectivity index (χ0) is 22.6. The molecule has 3 heterocycles. The maximum absolute atomic E-state index is 13.1. The largest absolute Gasteiger partial charge is 0.433 e. The predicted molar refractivity (Wildman–Crippen MR) is 106 cm³/mol. The number of hydrogen-bond donors (Lipinski definition) is 2. The third kappa shape index (κ3) is 6.05. The molecule has 0 aliphatic heterocycles. The molecule has 2 N–H and O–H groups in total. The van der Waals surface area contributed by atoms with Crippen LogP contribution in [-0.2, 0) is 6.18 Å². The first-order valence-electron chi connectivity index (χ1n) is 9.07. The van der Waals surface area contributed by atoms with Crippen molar-refractivity contribution in [1.82, 2.24) is 29.9 Å². The number of nitriles is 1. The van der Waals surface area contributed by atoms with E-state index in [0.717, 1.165) is 12.3 Å². The first-order valence-corrected chi connectivity index (χ1v) is 9.07. The molecule has 0 fully saturated rings. The summed E-state index contributed by atoms with van der Waals surface area (Å²) in [5.74, 6) is -0.267. The van der Waals surface area contributed by atoms with Crippen LogP contribution in [0, 0.1) is 16.7 Å². The second-order valence-electron chi connectivity index (χ2n) is 7.65. The minimum Gasteiger partial charge on any atom is -0.354 e. The number of nitrogens with one attached hydrogen (secondary N) is 2. The van der Waals surface area contributed by atoms with Gasteiger partial charge in [-0.1, -0.05) is 20.8 Å². The number of rotatable bonds is 5. The molecule has 0 radical (unpaired) electrons. The summed E-state index contributed by atoms with van der Waals surface area (Å²) < 4.78 is 39.2. The fourth-order valence-corrected chi connectivity index (χ4v) is 2.28. The average molecular weight is 429 g/mol. The first kappa shape index (κ1) is 21.8. The smallest absolute Gasteiger partial charge is 0.354 e. The van der Waals surface area contributed by atoms with Gasteiger partial charge in [0, 0.05) is 24.6 Å². The van der Waals surface area contributed by atoms with E-state index in [1.165, 1.54) is 12.3 Å². The zero-order valence-electron chi connectivity index (χ0n) is 16.9. The van der Waals surface area contributed by atoms with Gasteiger partial charge < -0.3 is 10.6 Å². The molecule has 160 valence electrons. The molecule has 3 rings (SSSR count). The first-order chi connectivity index (χ1) is 14.5. The fourth-order valence-electron chi connectivity index (χ4n) is 2.28. The van der Waals surface area contributed by atoms with Gasteiger partial charge in [-0.25, -0.2) is 15.0 Å². The van der Waals surface area contributed by atoms with Crippen molar-refractivity contribution < 1.29 is 13.2 Å². The van der Waals surface area contributed by atoms with Crippen LogP contribution in [0.15, 0.2) is 30.6 Å². The topological polar surface area (TPSA) is 125 Å². The molecule has 0 saturated carbocycles. The van der Waals surface area contributed by atoms with Crippen LogP contribution in [0.4, 0.5) is 30.8 Å². The van der Waals surface area contributed by atoms with E-state index in [-0.39, 0.29) is 34.7 Å². The maximum Gasteiger partial charge on any atom is 0.433 e. The van der Waals surface area contributed by atoms with Crippen molar-refractivity contribution >= 4 is 17.6 Å². The summed E-state index contributed by atoms with van der Waals surface area (Å²) in [5.41, 5.74) is -0.578. The van der Waals surface area contributed by atoms with E-state index in [4.69, 9.17) is 5.26 Å². The zero-order valence-corrected chi connectivity index (χ0v) is 16.9. The fraction of sp³-hybridized carbons (Fsp3) is 0.316. The van der Waals surface area contributed by atoms with E-state index >= 15 is 0 Å². The molecule has 0 bridgehead atoms. The third-order valence-electron chi connectivity index (χ3n) is 3.69. The molecule has 31 heavy (non-hydrogen) atoms. The van der Waals surface area contributed by atoms with Gasteiger partial charge in [-0.15, -0.1) is 0 Å². The number of anilines is 3. The minimum absolute atomic E-state index is 0.0394. The molecule has 0 unspecified atom stereocenters. The SMILES string of the molecule is CC(C)(C)CNc1nc(Nc2ccnc(C#N)c2)nc(-c2nccc(C(F)(F)F)n2)n1. The summed E-state index contributed by atoms with van der Waals surface area (Å²) >= 11 is 0. The molecule has 0 atom stereocenters. The highest BCUT2D eigenvalue weighted by molar-refractivity contribution is 5.58. The molecule has 0 amide bonds. The summed E-state index contributed by atoms with van der Waals surface area (Å²) in [6, 6.07) is 5.75. The van der Waals surface area contributed by atoms with Gasteiger partial charge in [0.2, 0.25) is 17.7 Å². The highest BCUT2D eigenvalue weighted by Crippen LogP contribution is 2.28. The second kappa shape index (κ2) is 8.47. The molecular formula is C19H18F3N9. The Morgan fingerprint density at radius 3 is 2.32 bits per heavy atom. The van der Waals surface area contributed by atoms with Crippen LogP contribution in [0.25, 0.3) is 11.6 Å². The second-order valence-corrected chi connectivity index (χ2v) is 7.65. The van der Waals surface area contributed by atoms with Crippen molar-refractivity contribution in [3.8, 4) is 17.7 Å². The summed E-state index contributed by atoms with van der Waals surface area (Å²) in [5, 5.41) is 14.9. The highest BCUT2D eigenvalue weighted by atomic mass is 19.4. The van der Waals surface area contributed by atoms with E-state index in [1.54, 1.807) is 6.07 Å². The lowest BCUT2D eigenvalue weighted by Crippen LogP contribution is -2.21. The Labute approximate surface area is 175 Å². The van der Waals surface area contributed by atoms with Crippen molar-refractivity contribution in [3.63, 3.8) is 0 Å². The molecule has 3 aromatic heterocycles. The predicted octanol–water partition coefficient (Wildman–Crippen LogP) is 3.82. The van der Waals surface area contributed by atoms with Crippen molar-refractivity contribution in [1.29, 1.82) is 5.26 Å². The Bertz CT molecular complexity index is 1120. The van der Waals surface area contributed by atoms with E-state index in [0.29, 0.717) is 12.2 Å². The molecular weight excluding hydrogens is 411 g/mol. The minimum atomic E-state index is -4.64. The summed E-state index contributed by atoms with van der Waals surface area (Å²) in [7, 11) is 0. The molecule has 3 aromatic rings. The van der Waals surface area contributed by atoms with Crippen molar-refractivity contribution in [2.75, 3.05) is 17.2 Å². The maximum atomic E-state index is 13.1. The van der Waals surface area contributed by atoms with Gasteiger partial charge in [0.1, 0.15) is 17.5 Å². The van der Waals surface area contributed by atoms with Crippen LogP contribution in [0.3, 0.4) is 0 Å². The van der Waals surface area contributed by atoms with Crippen LogP contribution < -0.4 is 10.6 Å². The van der Waals surface area contributed by atoms with Crippen LogP contribution in [0.5, 0.6) is 0 Å². The normalized spacial score (nSPS) is 11.6. The van der Waals surface area contributed by atoms with Gasteiger partial charge in [0.15, 0.2) is 5.82 Å². The monoisotopic (exact) mass is 429 g/mol. The standard InChI is InChI=1S/C19H18F3N9/c1-18(2,3)10-26-16-29-15(14-25-7-5-13(28-14)19(20,21)22)30-17(31-16)27-11-4-6-24-12(8-11)9-23/h4-8H,10H2,1-3H3,(H2,24,26,27,29,30,31). The Morgan fingerprint density at radius 1 is 0.935 bits per heavy atom. The Morgan fingerprint density at radius 2 is 1.65 bits per heavy atom.